The molecule has 0 amide bonds. The zero-order valence-electron chi connectivity index (χ0n) is 12.2. The van der Waals surface area contributed by atoms with Crippen LogP contribution in [0.5, 0.6) is 5.75 Å². The van der Waals surface area contributed by atoms with E-state index in [9.17, 15) is 4.79 Å². The predicted molar refractivity (Wildman–Crippen MR) is 82.0 cm³/mol. The lowest BCUT2D eigenvalue weighted by Gasteiger charge is -2.00. The molecular formula is C17H24O3. The maximum absolute atomic E-state index is 10.3. The number of rotatable bonds is 10. The summed E-state index contributed by atoms with van der Waals surface area (Å²) in [5.41, 5.74) is 1.19. The van der Waals surface area contributed by atoms with Gasteiger partial charge in [0.15, 0.2) is 0 Å². The largest absolute Gasteiger partial charge is 0.497 e. The maximum atomic E-state index is 10.3. The third kappa shape index (κ3) is 7.62. The van der Waals surface area contributed by atoms with Crippen molar-refractivity contribution < 1.29 is 14.6 Å². The molecule has 0 aromatic heterocycles. The molecule has 0 saturated heterocycles. The number of benzene rings is 1. The molecule has 110 valence electrons. The van der Waals surface area contributed by atoms with E-state index < -0.39 is 5.97 Å². The first-order valence-electron chi connectivity index (χ1n) is 7.25. The van der Waals surface area contributed by atoms with Crippen molar-refractivity contribution in [2.45, 2.75) is 44.9 Å². The molecule has 0 aliphatic heterocycles. The molecule has 0 radical (unpaired) electrons. The average molecular weight is 276 g/mol. The Morgan fingerprint density at radius 3 is 2.40 bits per heavy atom. The lowest BCUT2D eigenvalue weighted by molar-refractivity contribution is -0.137. The Bertz CT molecular complexity index is 407. The number of carboxylic acids is 1. The number of aliphatic carboxylic acids is 1. The maximum Gasteiger partial charge on any atom is 0.303 e. The van der Waals surface area contributed by atoms with Crippen LogP contribution in [0.4, 0.5) is 0 Å². The van der Waals surface area contributed by atoms with Gasteiger partial charge in [0.05, 0.1) is 7.11 Å². The first-order valence-corrected chi connectivity index (χ1v) is 7.25. The summed E-state index contributed by atoms with van der Waals surface area (Å²) < 4.78 is 5.11. The van der Waals surface area contributed by atoms with E-state index in [1.165, 1.54) is 18.4 Å². The van der Waals surface area contributed by atoms with Crippen LogP contribution in [0.15, 0.2) is 30.3 Å². The standard InChI is InChI=1S/C17H24O3/c1-20-16-13-11-15(12-14-16)9-7-5-3-2-4-6-8-10-17(18)19/h7,9,11-14H,2-6,8,10H2,1H3,(H,18,19)/b9-7+. The minimum atomic E-state index is -0.688. The Hall–Kier alpha value is -1.77. The van der Waals surface area contributed by atoms with Gasteiger partial charge in [-0.05, 0) is 37.0 Å². The minimum Gasteiger partial charge on any atom is -0.497 e. The number of hydrogen-bond donors (Lipinski definition) is 1. The second-order valence-corrected chi connectivity index (χ2v) is 4.88. The van der Waals surface area contributed by atoms with Gasteiger partial charge in [-0.25, -0.2) is 0 Å². The first kappa shape index (κ1) is 16.3. The number of allylic oxidation sites excluding steroid dienone is 1. The molecule has 1 rings (SSSR count). The van der Waals surface area contributed by atoms with E-state index >= 15 is 0 Å². The van der Waals surface area contributed by atoms with Crippen molar-refractivity contribution in [2.24, 2.45) is 0 Å². The van der Waals surface area contributed by atoms with Gasteiger partial charge in [-0.1, -0.05) is 43.5 Å². The smallest absolute Gasteiger partial charge is 0.303 e. The lowest BCUT2D eigenvalue weighted by Crippen LogP contribution is -1.93. The number of carboxylic acid groups (broad SMARTS) is 1. The number of unbranched alkanes of at least 4 members (excludes halogenated alkanes) is 5. The molecule has 0 fully saturated rings. The van der Waals surface area contributed by atoms with E-state index in [1.807, 2.05) is 24.3 Å². The van der Waals surface area contributed by atoms with E-state index in [4.69, 9.17) is 9.84 Å². The van der Waals surface area contributed by atoms with Crippen molar-refractivity contribution in [1.29, 1.82) is 0 Å². The van der Waals surface area contributed by atoms with Crippen molar-refractivity contribution in [3.63, 3.8) is 0 Å². The number of methoxy groups -OCH3 is 1. The normalized spacial score (nSPS) is 10.8. The van der Waals surface area contributed by atoms with Crippen molar-refractivity contribution >= 4 is 12.0 Å². The van der Waals surface area contributed by atoms with Gasteiger partial charge in [0, 0.05) is 6.42 Å². The van der Waals surface area contributed by atoms with Gasteiger partial charge in [0.2, 0.25) is 0 Å². The molecule has 0 unspecified atom stereocenters. The molecule has 0 heterocycles. The number of carbonyl (C=O) groups is 1. The highest BCUT2D eigenvalue weighted by molar-refractivity contribution is 5.66. The highest BCUT2D eigenvalue weighted by atomic mass is 16.5. The average Bonchev–Trinajstić information content (AvgIpc) is 2.46. The lowest BCUT2D eigenvalue weighted by atomic mass is 10.1. The van der Waals surface area contributed by atoms with Crippen LogP contribution in [0.25, 0.3) is 6.08 Å². The van der Waals surface area contributed by atoms with Crippen molar-refractivity contribution in [3.8, 4) is 5.75 Å². The molecule has 0 saturated carbocycles. The van der Waals surface area contributed by atoms with Crippen molar-refractivity contribution in [3.05, 3.63) is 35.9 Å². The summed E-state index contributed by atoms with van der Waals surface area (Å²) in [4.78, 5) is 10.3. The third-order valence-corrected chi connectivity index (χ3v) is 3.19. The van der Waals surface area contributed by atoms with Crippen LogP contribution < -0.4 is 4.74 Å². The van der Waals surface area contributed by atoms with Gasteiger partial charge >= 0.3 is 5.97 Å². The monoisotopic (exact) mass is 276 g/mol. The zero-order chi connectivity index (χ0) is 14.6. The van der Waals surface area contributed by atoms with Crippen LogP contribution in [0.1, 0.15) is 50.5 Å². The van der Waals surface area contributed by atoms with Gasteiger partial charge in [0.25, 0.3) is 0 Å². The second-order valence-electron chi connectivity index (χ2n) is 4.88. The Morgan fingerprint density at radius 1 is 1.10 bits per heavy atom. The van der Waals surface area contributed by atoms with Crippen LogP contribution in [0.3, 0.4) is 0 Å². The van der Waals surface area contributed by atoms with E-state index in [0.29, 0.717) is 6.42 Å². The highest BCUT2D eigenvalue weighted by Gasteiger charge is 1.96. The molecule has 0 atom stereocenters. The van der Waals surface area contributed by atoms with E-state index in [0.717, 1.165) is 31.4 Å². The molecule has 1 N–H and O–H groups in total. The van der Waals surface area contributed by atoms with E-state index in [-0.39, 0.29) is 0 Å². The molecule has 20 heavy (non-hydrogen) atoms. The third-order valence-electron chi connectivity index (χ3n) is 3.19. The van der Waals surface area contributed by atoms with Crippen LogP contribution in [0.2, 0.25) is 0 Å². The summed E-state index contributed by atoms with van der Waals surface area (Å²) >= 11 is 0. The quantitative estimate of drug-likeness (QED) is 0.639. The summed E-state index contributed by atoms with van der Waals surface area (Å²) in [5, 5.41) is 8.51. The molecule has 0 spiro atoms. The number of ether oxygens (including phenoxy) is 1. The molecule has 3 nitrogen and oxygen atoms in total. The predicted octanol–water partition coefficient (Wildman–Crippen LogP) is 4.52. The van der Waals surface area contributed by atoms with Crippen molar-refractivity contribution in [1.82, 2.24) is 0 Å². The van der Waals surface area contributed by atoms with E-state index in [2.05, 4.69) is 12.2 Å². The van der Waals surface area contributed by atoms with Gasteiger partial charge in [-0.15, -0.1) is 0 Å². The fourth-order valence-electron chi connectivity index (χ4n) is 2.00. The first-order chi connectivity index (χ1) is 9.72. The highest BCUT2D eigenvalue weighted by Crippen LogP contribution is 2.13. The number of hydrogen-bond acceptors (Lipinski definition) is 2. The summed E-state index contributed by atoms with van der Waals surface area (Å²) in [7, 11) is 1.67. The Kier molecular flexibility index (Phi) is 8.20. The SMILES string of the molecule is COc1ccc(/C=C/CCCCCCCC(=O)O)cc1. The summed E-state index contributed by atoms with van der Waals surface area (Å²) in [6, 6.07) is 8.01. The van der Waals surface area contributed by atoms with Gasteiger partial charge in [-0.3, -0.25) is 4.79 Å². The summed E-state index contributed by atoms with van der Waals surface area (Å²) in [6.07, 6.45) is 11.0. The van der Waals surface area contributed by atoms with Crippen molar-refractivity contribution in [2.75, 3.05) is 7.11 Å². The topological polar surface area (TPSA) is 46.5 Å². The van der Waals surface area contributed by atoms with Crippen LogP contribution in [0, 0.1) is 0 Å². The fourth-order valence-corrected chi connectivity index (χ4v) is 2.00. The Labute approximate surface area is 121 Å². The van der Waals surface area contributed by atoms with Crippen LogP contribution >= 0.6 is 0 Å². The van der Waals surface area contributed by atoms with Gasteiger partial charge in [0.1, 0.15) is 5.75 Å². The zero-order valence-corrected chi connectivity index (χ0v) is 12.2. The molecule has 3 heteroatoms. The van der Waals surface area contributed by atoms with Crippen LogP contribution in [-0.4, -0.2) is 18.2 Å². The molecule has 0 aliphatic carbocycles. The molecule has 0 bridgehead atoms. The Balaban J connectivity index is 2.05. The van der Waals surface area contributed by atoms with E-state index in [1.54, 1.807) is 7.11 Å². The Morgan fingerprint density at radius 2 is 1.75 bits per heavy atom. The molecule has 0 aliphatic rings. The van der Waals surface area contributed by atoms with Crippen LogP contribution in [-0.2, 0) is 4.79 Å². The minimum absolute atomic E-state index is 0.303. The molecule has 1 aromatic carbocycles. The summed E-state index contributed by atoms with van der Waals surface area (Å²) in [5.74, 6) is 0.191. The summed E-state index contributed by atoms with van der Waals surface area (Å²) in [6.45, 7) is 0. The fraction of sp³-hybridized carbons (Fsp3) is 0.471. The molecule has 1 aromatic rings. The second kappa shape index (κ2) is 10.1. The molecular weight excluding hydrogens is 252 g/mol. The van der Waals surface area contributed by atoms with Gasteiger partial charge in [-0.2, -0.15) is 0 Å². The van der Waals surface area contributed by atoms with Gasteiger partial charge < -0.3 is 9.84 Å².